The minimum absolute atomic E-state index is 0.122. The van der Waals surface area contributed by atoms with Gasteiger partial charge in [-0.2, -0.15) is 0 Å². The molecule has 0 N–H and O–H groups in total. The van der Waals surface area contributed by atoms with Crippen molar-refractivity contribution in [2.75, 3.05) is 19.8 Å². The number of hydroxylamine groups is 2. The van der Waals surface area contributed by atoms with Crippen molar-refractivity contribution < 1.29 is 14.7 Å². The Morgan fingerprint density at radius 2 is 2.33 bits per heavy atom. The molecular formula is C5H10NO3. The molecule has 0 fully saturated rings. The van der Waals surface area contributed by atoms with E-state index in [-0.39, 0.29) is 13.2 Å². The van der Waals surface area contributed by atoms with Gasteiger partial charge in [-0.15, -0.1) is 0 Å². The zero-order valence-electron chi connectivity index (χ0n) is 5.37. The molecule has 0 unspecified atom stereocenters. The summed E-state index contributed by atoms with van der Waals surface area (Å²) in [7, 11) is 0. The third kappa shape index (κ3) is 3.93. The fourth-order valence-corrected chi connectivity index (χ4v) is 0.403. The molecule has 1 amide bonds. The molecule has 53 valence electrons. The lowest BCUT2D eigenvalue weighted by molar-refractivity contribution is -0.173. The number of amides is 1. The quantitative estimate of drug-likeness (QED) is 0.385. The van der Waals surface area contributed by atoms with E-state index < -0.39 is 0 Å². The van der Waals surface area contributed by atoms with Crippen molar-refractivity contribution in [3.8, 4) is 0 Å². The van der Waals surface area contributed by atoms with Crippen molar-refractivity contribution >= 4 is 6.41 Å². The molecule has 0 atom stereocenters. The van der Waals surface area contributed by atoms with Crippen LogP contribution in [0.15, 0.2) is 0 Å². The van der Waals surface area contributed by atoms with Gasteiger partial charge in [-0.05, 0) is 6.92 Å². The Labute approximate surface area is 54.0 Å². The molecule has 1 radical (unpaired) electrons. The van der Waals surface area contributed by atoms with E-state index >= 15 is 0 Å². The first-order chi connectivity index (χ1) is 4.35. The maximum absolute atomic E-state index is 9.95. The summed E-state index contributed by atoms with van der Waals surface area (Å²) in [6.45, 7) is 1.97. The predicted molar refractivity (Wildman–Crippen MR) is 29.9 cm³/mol. The average Bonchev–Trinajstić information content (AvgIpc) is 1.88. The van der Waals surface area contributed by atoms with Gasteiger partial charge in [0, 0.05) is 0 Å². The molecule has 9 heavy (non-hydrogen) atoms. The number of rotatable bonds is 5. The van der Waals surface area contributed by atoms with Crippen molar-refractivity contribution in [1.82, 2.24) is 5.06 Å². The Kier molecular flexibility index (Phi) is 5.15. The van der Waals surface area contributed by atoms with E-state index in [0.717, 1.165) is 5.06 Å². The molecule has 0 aromatic carbocycles. The SMILES string of the molecule is CCON(C=O)CC[O]. The molecule has 0 aromatic heterocycles. The summed E-state index contributed by atoms with van der Waals surface area (Å²) < 4.78 is 0. The largest absolute Gasteiger partial charge is 0.276 e. The topological polar surface area (TPSA) is 49.4 Å². The number of nitrogens with zero attached hydrogens (tertiary/aromatic N) is 1. The molecule has 0 saturated carbocycles. The summed E-state index contributed by atoms with van der Waals surface area (Å²) in [5.74, 6) is 0. The summed E-state index contributed by atoms with van der Waals surface area (Å²) in [6.07, 6.45) is 0.501. The zero-order valence-corrected chi connectivity index (χ0v) is 5.37. The number of carbonyl (C=O) groups is 1. The summed E-state index contributed by atoms with van der Waals surface area (Å²) in [6, 6.07) is 0. The molecule has 0 aliphatic carbocycles. The molecule has 0 aliphatic heterocycles. The van der Waals surface area contributed by atoms with Crippen LogP contribution < -0.4 is 0 Å². The van der Waals surface area contributed by atoms with Gasteiger partial charge in [0.1, 0.15) is 6.61 Å². The van der Waals surface area contributed by atoms with Crippen LogP contribution in [0.4, 0.5) is 0 Å². The number of carbonyl (C=O) groups excluding carboxylic acids is 1. The third-order valence-corrected chi connectivity index (χ3v) is 0.724. The van der Waals surface area contributed by atoms with Crippen molar-refractivity contribution in [2.45, 2.75) is 6.92 Å². The monoisotopic (exact) mass is 132 g/mol. The maximum Gasteiger partial charge on any atom is 0.233 e. The highest BCUT2D eigenvalue weighted by Gasteiger charge is 1.96. The molecule has 4 heteroatoms. The highest BCUT2D eigenvalue weighted by Crippen LogP contribution is 1.82. The first-order valence-electron chi connectivity index (χ1n) is 2.78. The first kappa shape index (κ1) is 8.39. The van der Waals surface area contributed by atoms with Crippen LogP contribution in [-0.4, -0.2) is 31.2 Å². The highest BCUT2D eigenvalue weighted by atomic mass is 16.7. The van der Waals surface area contributed by atoms with Crippen molar-refractivity contribution in [2.24, 2.45) is 0 Å². The molecule has 0 aromatic rings. The number of hydrogen-bond donors (Lipinski definition) is 0. The molecule has 0 bridgehead atoms. The lowest BCUT2D eigenvalue weighted by Crippen LogP contribution is -2.25. The highest BCUT2D eigenvalue weighted by molar-refractivity contribution is 5.44. The van der Waals surface area contributed by atoms with Gasteiger partial charge in [-0.25, -0.2) is 10.2 Å². The van der Waals surface area contributed by atoms with Gasteiger partial charge in [0.25, 0.3) is 0 Å². The Balaban J connectivity index is 3.29. The second-order valence-electron chi connectivity index (χ2n) is 1.37. The van der Waals surface area contributed by atoms with Crippen LogP contribution >= 0.6 is 0 Å². The molecular weight excluding hydrogens is 122 g/mol. The molecule has 4 nitrogen and oxygen atoms in total. The maximum atomic E-state index is 9.95. The van der Waals surface area contributed by atoms with Gasteiger partial charge in [0.2, 0.25) is 6.41 Å². The lowest BCUT2D eigenvalue weighted by Gasteiger charge is -2.12. The normalized spacial score (nSPS) is 9.11. The van der Waals surface area contributed by atoms with Crippen molar-refractivity contribution in [3.05, 3.63) is 0 Å². The van der Waals surface area contributed by atoms with Gasteiger partial charge in [-0.1, -0.05) is 0 Å². The lowest BCUT2D eigenvalue weighted by atomic mass is 10.7. The Morgan fingerprint density at radius 3 is 2.67 bits per heavy atom. The number of hydrogen-bond acceptors (Lipinski definition) is 2. The second kappa shape index (κ2) is 5.53. The minimum atomic E-state index is -0.321. The van der Waals surface area contributed by atoms with E-state index in [9.17, 15) is 9.90 Å². The van der Waals surface area contributed by atoms with Crippen LogP contribution in [0.25, 0.3) is 0 Å². The van der Waals surface area contributed by atoms with E-state index in [1.807, 2.05) is 0 Å². The van der Waals surface area contributed by atoms with E-state index in [1.54, 1.807) is 6.92 Å². The zero-order chi connectivity index (χ0) is 7.11. The van der Waals surface area contributed by atoms with Crippen molar-refractivity contribution in [1.29, 1.82) is 0 Å². The Hall–Kier alpha value is -0.610. The van der Waals surface area contributed by atoms with Gasteiger partial charge >= 0.3 is 0 Å². The Morgan fingerprint density at radius 1 is 1.67 bits per heavy atom. The fourth-order valence-electron chi connectivity index (χ4n) is 0.403. The molecule has 0 heterocycles. The van der Waals surface area contributed by atoms with Crippen LogP contribution in [0.3, 0.4) is 0 Å². The van der Waals surface area contributed by atoms with Crippen LogP contribution in [0.1, 0.15) is 6.92 Å². The first-order valence-corrected chi connectivity index (χ1v) is 2.78. The molecule has 0 spiro atoms. The summed E-state index contributed by atoms with van der Waals surface area (Å²) in [5.41, 5.74) is 0. The van der Waals surface area contributed by atoms with E-state index in [0.29, 0.717) is 13.0 Å². The van der Waals surface area contributed by atoms with Gasteiger partial charge in [0.15, 0.2) is 0 Å². The van der Waals surface area contributed by atoms with Crippen LogP contribution in [0, 0.1) is 0 Å². The van der Waals surface area contributed by atoms with Gasteiger partial charge in [-0.3, -0.25) is 9.63 Å². The molecule has 0 rings (SSSR count). The van der Waals surface area contributed by atoms with E-state index in [4.69, 9.17) is 4.84 Å². The predicted octanol–water partition coefficient (Wildman–Crippen LogP) is -0.173. The standard InChI is InChI=1S/C5H10NO3/c1-2-9-6(5-8)3-4-7/h5H,2-4H2,1H3. The summed E-state index contributed by atoms with van der Waals surface area (Å²) in [5, 5.41) is 10.9. The summed E-state index contributed by atoms with van der Waals surface area (Å²) >= 11 is 0. The fraction of sp³-hybridized carbons (Fsp3) is 0.800. The third-order valence-electron chi connectivity index (χ3n) is 0.724. The smallest absolute Gasteiger partial charge is 0.233 e. The Bertz CT molecular complexity index is 70.6. The average molecular weight is 132 g/mol. The molecule has 0 aliphatic rings. The van der Waals surface area contributed by atoms with Crippen LogP contribution in [-0.2, 0) is 14.7 Å². The van der Waals surface area contributed by atoms with Crippen LogP contribution in [0.2, 0.25) is 0 Å². The van der Waals surface area contributed by atoms with Gasteiger partial charge in [0.05, 0.1) is 13.2 Å². The second-order valence-corrected chi connectivity index (χ2v) is 1.37. The van der Waals surface area contributed by atoms with Crippen LogP contribution in [0.5, 0.6) is 0 Å². The van der Waals surface area contributed by atoms with E-state index in [1.165, 1.54) is 0 Å². The van der Waals surface area contributed by atoms with Gasteiger partial charge < -0.3 is 0 Å². The minimum Gasteiger partial charge on any atom is -0.276 e. The summed E-state index contributed by atoms with van der Waals surface area (Å²) in [4.78, 5) is 14.6. The van der Waals surface area contributed by atoms with E-state index in [2.05, 4.69) is 0 Å². The van der Waals surface area contributed by atoms with Crippen molar-refractivity contribution in [3.63, 3.8) is 0 Å². The molecule has 0 saturated heterocycles.